The van der Waals surface area contributed by atoms with Gasteiger partial charge < -0.3 is 15.8 Å². The van der Waals surface area contributed by atoms with Crippen LogP contribution in [0.25, 0.3) is 0 Å². The van der Waals surface area contributed by atoms with Crippen LogP contribution in [-0.2, 0) is 9.53 Å². The van der Waals surface area contributed by atoms with Crippen LogP contribution in [0.15, 0.2) is 24.3 Å². The SMILES string of the molecule is CN(CC(=O)Nc1ccc(N)cc1)CC1CCCCO1. The lowest BCUT2D eigenvalue weighted by Gasteiger charge is -2.27. The highest BCUT2D eigenvalue weighted by Crippen LogP contribution is 2.14. The maximum atomic E-state index is 11.9. The molecule has 5 heteroatoms. The first kappa shape index (κ1) is 14.8. The van der Waals surface area contributed by atoms with E-state index in [0.717, 1.165) is 31.7 Å². The predicted octanol–water partition coefficient (Wildman–Crippen LogP) is 1.71. The van der Waals surface area contributed by atoms with Gasteiger partial charge in [0.05, 0.1) is 12.6 Å². The van der Waals surface area contributed by atoms with Crippen LogP contribution < -0.4 is 11.1 Å². The molecule has 2 rings (SSSR count). The van der Waals surface area contributed by atoms with E-state index >= 15 is 0 Å². The number of rotatable bonds is 5. The van der Waals surface area contributed by atoms with Crippen molar-refractivity contribution < 1.29 is 9.53 Å². The van der Waals surface area contributed by atoms with Crippen LogP contribution in [0.5, 0.6) is 0 Å². The standard InChI is InChI=1S/C15H23N3O2/c1-18(10-14-4-2-3-9-20-14)11-15(19)17-13-7-5-12(16)6-8-13/h5-8,14H,2-4,9-11,16H2,1H3,(H,17,19). The molecule has 0 spiro atoms. The van der Waals surface area contributed by atoms with E-state index in [1.807, 2.05) is 11.9 Å². The molecule has 0 aliphatic carbocycles. The van der Waals surface area contributed by atoms with Crippen molar-refractivity contribution in [2.45, 2.75) is 25.4 Å². The Morgan fingerprint density at radius 1 is 1.40 bits per heavy atom. The van der Waals surface area contributed by atoms with Crippen molar-refractivity contribution in [1.29, 1.82) is 0 Å². The lowest BCUT2D eigenvalue weighted by molar-refractivity contribution is -0.117. The second-order valence-electron chi connectivity index (χ2n) is 5.36. The van der Waals surface area contributed by atoms with Gasteiger partial charge in [-0.1, -0.05) is 0 Å². The molecule has 1 heterocycles. The quantitative estimate of drug-likeness (QED) is 0.804. The first-order chi connectivity index (χ1) is 9.63. The Morgan fingerprint density at radius 3 is 2.80 bits per heavy atom. The summed E-state index contributed by atoms with van der Waals surface area (Å²) in [5, 5.41) is 2.86. The lowest BCUT2D eigenvalue weighted by atomic mass is 10.1. The summed E-state index contributed by atoms with van der Waals surface area (Å²) in [6, 6.07) is 7.15. The minimum Gasteiger partial charge on any atom is -0.399 e. The molecule has 1 saturated heterocycles. The number of anilines is 2. The zero-order valence-electron chi connectivity index (χ0n) is 12.0. The van der Waals surface area contributed by atoms with E-state index in [9.17, 15) is 4.79 Å². The summed E-state index contributed by atoms with van der Waals surface area (Å²) in [6.45, 7) is 2.01. The fraction of sp³-hybridized carbons (Fsp3) is 0.533. The number of nitrogens with one attached hydrogen (secondary N) is 1. The molecular formula is C15H23N3O2. The average Bonchev–Trinajstić information content (AvgIpc) is 2.42. The Morgan fingerprint density at radius 2 is 2.15 bits per heavy atom. The molecule has 1 aliphatic heterocycles. The summed E-state index contributed by atoms with van der Waals surface area (Å²) in [5.74, 6) is -0.0203. The molecule has 3 N–H and O–H groups in total. The summed E-state index contributed by atoms with van der Waals surface area (Å²) in [7, 11) is 1.94. The van der Waals surface area contributed by atoms with Gasteiger partial charge in [0.1, 0.15) is 0 Å². The summed E-state index contributed by atoms with van der Waals surface area (Å²) in [5.41, 5.74) is 7.07. The highest BCUT2D eigenvalue weighted by molar-refractivity contribution is 5.92. The lowest BCUT2D eigenvalue weighted by Crippen LogP contribution is -2.37. The van der Waals surface area contributed by atoms with Crippen LogP contribution in [0.2, 0.25) is 0 Å². The Balaban J connectivity index is 1.74. The molecule has 1 aromatic carbocycles. The highest BCUT2D eigenvalue weighted by Gasteiger charge is 2.17. The summed E-state index contributed by atoms with van der Waals surface area (Å²) in [4.78, 5) is 13.9. The van der Waals surface area contributed by atoms with E-state index in [-0.39, 0.29) is 12.0 Å². The van der Waals surface area contributed by atoms with Crippen LogP contribution in [0, 0.1) is 0 Å². The van der Waals surface area contributed by atoms with Crippen LogP contribution >= 0.6 is 0 Å². The van der Waals surface area contributed by atoms with E-state index in [4.69, 9.17) is 10.5 Å². The van der Waals surface area contributed by atoms with Gasteiger partial charge in [-0.15, -0.1) is 0 Å². The number of ether oxygens (including phenoxy) is 1. The topological polar surface area (TPSA) is 67.6 Å². The molecule has 110 valence electrons. The third kappa shape index (κ3) is 4.83. The molecule has 1 aliphatic rings. The van der Waals surface area contributed by atoms with Gasteiger partial charge in [0.25, 0.3) is 0 Å². The Bertz CT molecular complexity index is 427. The van der Waals surface area contributed by atoms with Gasteiger partial charge in [0, 0.05) is 24.5 Å². The van der Waals surface area contributed by atoms with Gasteiger partial charge in [-0.05, 0) is 50.6 Å². The molecule has 0 radical (unpaired) electrons. The van der Waals surface area contributed by atoms with Gasteiger partial charge in [0.15, 0.2) is 0 Å². The summed E-state index contributed by atoms with van der Waals surface area (Å²) in [6.07, 6.45) is 3.72. The van der Waals surface area contributed by atoms with Crippen LogP contribution in [-0.4, -0.2) is 43.7 Å². The largest absolute Gasteiger partial charge is 0.399 e. The molecule has 1 aromatic rings. The monoisotopic (exact) mass is 277 g/mol. The van der Waals surface area contributed by atoms with Crippen molar-refractivity contribution >= 4 is 17.3 Å². The van der Waals surface area contributed by atoms with Gasteiger partial charge in [-0.3, -0.25) is 9.69 Å². The number of benzene rings is 1. The fourth-order valence-corrected chi connectivity index (χ4v) is 2.38. The van der Waals surface area contributed by atoms with Crippen LogP contribution in [0.1, 0.15) is 19.3 Å². The van der Waals surface area contributed by atoms with Crippen LogP contribution in [0.3, 0.4) is 0 Å². The van der Waals surface area contributed by atoms with Gasteiger partial charge in [0.2, 0.25) is 5.91 Å². The number of nitrogens with zero attached hydrogens (tertiary/aromatic N) is 1. The first-order valence-electron chi connectivity index (χ1n) is 7.09. The van der Waals surface area contributed by atoms with E-state index in [2.05, 4.69) is 5.32 Å². The number of hydrogen-bond acceptors (Lipinski definition) is 4. The number of hydrogen-bond donors (Lipinski definition) is 2. The Labute approximate surface area is 120 Å². The molecule has 5 nitrogen and oxygen atoms in total. The number of nitrogens with two attached hydrogens (primary N) is 1. The van der Waals surface area contributed by atoms with Crippen molar-refractivity contribution in [2.75, 3.05) is 37.8 Å². The molecule has 1 fully saturated rings. The Hall–Kier alpha value is -1.59. The molecular weight excluding hydrogens is 254 g/mol. The second-order valence-corrected chi connectivity index (χ2v) is 5.36. The zero-order chi connectivity index (χ0) is 14.4. The predicted molar refractivity (Wildman–Crippen MR) is 80.6 cm³/mol. The van der Waals surface area contributed by atoms with E-state index < -0.39 is 0 Å². The maximum absolute atomic E-state index is 11.9. The summed E-state index contributed by atoms with van der Waals surface area (Å²) >= 11 is 0. The maximum Gasteiger partial charge on any atom is 0.238 e. The number of carbonyl (C=O) groups is 1. The van der Waals surface area contributed by atoms with Crippen molar-refractivity contribution in [2.24, 2.45) is 0 Å². The van der Waals surface area contributed by atoms with Crippen molar-refractivity contribution in [3.05, 3.63) is 24.3 Å². The van der Waals surface area contributed by atoms with Crippen molar-refractivity contribution in [1.82, 2.24) is 4.90 Å². The third-order valence-corrected chi connectivity index (χ3v) is 3.40. The molecule has 0 aromatic heterocycles. The van der Waals surface area contributed by atoms with E-state index in [1.54, 1.807) is 24.3 Å². The average molecular weight is 277 g/mol. The molecule has 1 amide bonds. The number of carbonyl (C=O) groups excluding carboxylic acids is 1. The zero-order valence-corrected chi connectivity index (χ0v) is 12.0. The third-order valence-electron chi connectivity index (χ3n) is 3.40. The fourth-order valence-electron chi connectivity index (χ4n) is 2.38. The molecule has 20 heavy (non-hydrogen) atoms. The van der Waals surface area contributed by atoms with Gasteiger partial charge in [-0.2, -0.15) is 0 Å². The minimum atomic E-state index is -0.0203. The van der Waals surface area contributed by atoms with E-state index in [1.165, 1.54) is 6.42 Å². The first-order valence-corrected chi connectivity index (χ1v) is 7.09. The molecule has 0 bridgehead atoms. The smallest absolute Gasteiger partial charge is 0.238 e. The van der Waals surface area contributed by atoms with Crippen molar-refractivity contribution in [3.63, 3.8) is 0 Å². The minimum absolute atomic E-state index is 0.0203. The van der Waals surface area contributed by atoms with E-state index in [0.29, 0.717) is 12.2 Å². The summed E-state index contributed by atoms with van der Waals surface area (Å²) < 4.78 is 5.67. The molecule has 1 atom stereocenters. The number of likely N-dealkylation sites (N-methyl/N-ethyl adjacent to an activating group) is 1. The van der Waals surface area contributed by atoms with Gasteiger partial charge in [-0.25, -0.2) is 0 Å². The number of amides is 1. The highest BCUT2D eigenvalue weighted by atomic mass is 16.5. The van der Waals surface area contributed by atoms with Crippen LogP contribution in [0.4, 0.5) is 11.4 Å². The normalized spacial score (nSPS) is 19.0. The second kappa shape index (κ2) is 7.26. The molecule has 0 saturated carbocycles. The molecule has 1 unspecified atom stereocenters. The Kier molecular flexibility index (Phi) is 5.38. The van der Waals surface area contributed by atoms with Gasteiger partial charge >= 0.3 is 0 Å². The number of nitrogen functional groups attached to an aromatic ring is 1. The van der Waals surface area contributed by atoms with Crippen molar-refractivity contribution in [3.8, 4) is 0 Å².